The first-order valence-corrected chi connectivity index (χ1v) is 12.9. The van der Waals surface area contributed by atoms with Gasteiger partial charge in [0.25, 0.3) is 0 Å². The lowest BCUT2D eigenvalue weighted by Crippen LogP contribution is -2.49. The Balaban J connectivity index is 1.47. The molecular formula is C28H45NO. The average Bonchev–Trinajstić information content (AvgIpc) is 3.05. The minimum atomic E-state index is -0.0191. The molecule has 2 heteroatoms. The van der Waals surface area contributed by atoms with Crippen molar-refractivity contribution in [2.45, 2.75) is 91.4 Å². The summed E-state index contributed by atoms with van der Waals surface area (Å²) in [6, 6.07) is 0. The van der Waals surface area contributed by atoms with E-state index in [0.29, 0.717) is 23.0 Å². The highest BCUT2D eigenvalue weighted by atomic mass is 16.1. The molecular weight excluding hydrogens is 366 g/mol. The Labute approximate surface area is 185 Å². The van der Waals surface area contributed by atoms with Crippen molar-refractivity contribution in [3.05, 3.63) is 24.3 Å². The lowest BCUT2D eigenvalue weighted by atomic mass is 9.49. The Morgan fingerprint density at radius 1 is 1.03 bits per heavy atom. The van der Waals surface area contributed by atoms with Crippen LogP contribution in [0.2, 0.25) is 0 Å². The Kier molecular flexibility index (Phi) is 6.64. The molecule has 2 nitrogen and oxygen atoms in total. The number of Topliss-reactive ketones (excluding diaryl/α,β-unsaturated/α-hetero) is 1. The van der Waals surface area contributed by atoms with Gasteiger partial charge in [-0.3, -0.25) is 4.79 Å². The first kappa shape index (κ1) is 22.3. The van der Waals surface area contributed by atoms with E-state index in [-0.39, 0.29) is 5.41 Å². The van der Waals surface area contributed by atoms with Crippen molar-refractivity contribution in [1.82, 2.24) is 5.32 Å². The predicted octanol–water partition coefficient (Wildman–Crippen LogP) is 6.72. The minimum Gasteiger partial charge on any atom is -0.317 e. The fourth-order valence-electron chi connectivity index (χ4n) is 8.16. The topological polar surface area (TPSA) is 29.1 Å². The van der Waals surface area contributed by atoms with Crippen LogP contribution in [0.1, 0.15) is 91.4 Å². The zero-order valence-electron chi connectivity index (χ0n) is 19.8. The lowest BCUT2D eigenvalue weighted by Gasteiger charge is -2.55. The molecule has 3 saturated carbocycles. The Bertz CT molecular complexity index is 674. The molecule has 0 radical (unpaired) electrons. The molecule has 0 aromatic heterocycles. The molecule has 168 valence electrons. The van der Waals surface area contributed by atoms with Gasteiger partial charge in [-0.25, -0.2) is 0 Å². The average molecular weight is 412 g/mol. The number of nitrogens with one attached hydrogen (secondary N) is 1. The Morgan fingerprint density at radius 2 is 1.80 bits per heavy atom. The predicted molar refractivity (Wildman–Crippen MR) is 126 cm³/mol. The third kappa shape index (κ3) is 3.98. The summed E-state index contributed by atoms with van der Waals surface area (Å²) in [5.74, 6) is 4.21. The van der Waals surface area contributed by atoms with E-state index < -0.39 is 0 Å². The van der Waals surface area contributed by atoms with Gasteiger partial charge in [0.15, 0.2) is 0 Å². The first-order chi connectivity index (χ1) is 14.4. The van der Waals surface area contributed by atoms with Crippen molar-refractivity contribution in [3.63, 3.8) is 0 Å². The number of piperidine rings is 1. The van der Waals surface area contributed by atoms with Crippen LogP contribution >= 0.6 is 0 Å². The molecule has 0 aromatic carbocycles. The minimum absolute atomic E-state index is 0.0191. The molecule has 4 rings (SSSR count). The second kappa shape index (κ2) is 8.93. The van der Waals surface area contributed by atoms with Gasteiger partial charge in [0.2, 0.25) is 0 Å². The Morgan fingerprint density at radius 3 is 2.53 bits per heavy atom. The van der Waals surface area contributed by atoms with Gasteiger partial charge in [-0.1, -0.05) is 38.5 Å². The van der Waals surface area contributed by atoms with Crippen LogP contribution in [0, 0.1) is 40.4 Å². The van der Waals surface area contributed by atoms with Gasteiger partial charge < -0.3 is 5.32 Å². The number of rotatable bonds is 5. The van der Waals surface area contributed by atoms with Crippen molar-refractivity contribution in [3.8, 4) is 0 Å². The number of ketones is 1. The van der Waals surface area contributed by atoms with E-state index in [1.807, 2.05) is 0 Å². The monoisotopic (exact) mass is 411 g/mol. The normalized spacial score (nSPS) is 44.2. The number of fused-ring (bicyclic) bond motifs is 1. The fraction of sp³-hybridized carbons (Fsp3) is 0.821. The molecule has 1 N–H and O–H groups in total. The van der Waals surface area contributed by atoms with Gasteiger partial charge in [0.05, 0.1) is 0 Å². The van der Waals surface area contributed by atoms with Gasteiger partial charge in [0.1, 0.15) is 5.78 Å². The van der Waals surface area contributed by atoms with Crippen molar-refractivity contribution >= 4 is 5.78 Å². The highest BCUT2D eigenvalue weighted by Crippen LogP contribution is 2.62. The molecule has 0 aromatic rings. The summed E-state index contributed by atoms with van der Waals surface area (Å²) in [6.45, 7) is 13.9. The molecule has 1 heterocycles. The highest BCUT2D eigenvalue weighted by Gasteiger charge is 2.56. The van der Waals surface area contributed by atoms with Crippen LogP contribution in [0.25, 0.3) is 0 Å². The number of hydrogen-bond acceptors (Lipinski definition) is 2. The van der Waals surface area contributed by atoms with Crippen molar-refractivity contribution in [2.24, 2.45) is 40.4 Å². The quantitative estimate of drug-likeness (QED) is 0.509. The molecule has 0 bridgehead atoms. The largest absolute Gasteiger partial charge is 0.317 e. The van der Waals surface area contributed by atoms with E-state index in [1.165, 1.54) is 58.0 Å². The van der Waals surface area contributed by atoms with Gasteiger partial charge >= 0.3 is 0 Å². The van der Waals surface area contributed by atoms with Gasteiger partial charge in [0, 0.05) is 11.8 Å². The standard InChI is InChI=1S/C28H45NO/c1-5-6-23-19-22(8-7-21-13-17-29-18-14-21)11-15-27(23,3)25-12-16-28(4)24(20(25)2)9-10-26(28)30/h5,8,20-21,23-25,29H,1,6-7,9-19H2,2-4H3/b22-8+. The van der Waals surface area contributed by atoms with Crippen LogP contribution in [-0.2, 0) is 4.79 Å². The zero-order valence-corrected chi connectivity index (χ0v) is 19.8. The van der Waals surface area contributed by atoms with Crippen LogP contribution < -0.4 is 5.32 Å². The summed E-state index contributed by atoms with van der Waals surface area (Å²) in [4.78, 5) is 12.6. The second-order valence-corrected chi connectivity index (χ2v) is 11.7. The number of hydrogen-bond donors (Lipinski definition) is 1. The zero-order chi connectivity index (χ0) is 21.4. The van der Waals surface area contributed by atoms with Gasteiger partial charge in [-0.15, -0.1) is 6.58 Å². The molecule has 0 spiro atoms. The molecule has 1 aliphatic heterocycles. The summed E-state index contributed by atoms with van der Waals surface area (Å²) in [5, 5.41) is 3.50. The summed E-state index contributed by atoms with van der Waals surface area (Å²) >= 11 is 0. The number of carbonyl (C=O) groups is 1. The maximum absolute atomic E-state index is 12.6. The molecule has 0 amide bonds. The van der Waals surface area contributed by atoms with E-state index in [4.69, 9.17) is 0 Å². The first-order valence-electron chi connectivity index (χ1n) is 12.9. The third-order valence-corrected chi connectivity index (χ3v) is 10.3. The van der Waals surface area contributed by atoms with E-state index in [1.54, 1.807) is 5.57 Å². The molecule has 4 aliphatic rings. The molecule has 6 unspecified atom stereocenters. The highest BCUT2D eigenvalue weighted by molar-refractivity contribution is 5.87. The van der Waals surface area contributed by atoms with Crippen LogP contribution in [0.5, 0.6) is 0 Å². The summed E-state index contributed by atoms with van der Waals surface area (Å²) in [5.41, 5.74) is 2.10. The maximum Gasteiger partial charge on any atom is 0.139 e. The Hall–Kier alpha value is -0.890. The second-order valence-electron chi connectivity index (χ2n) is 11.7. The SMILES string of the molecule is C=CCC1C/C(=C/CC2CCNCC2)CCC1(C)C1CCC2(C)C(=O)CCC2C1C. The van der Waals surface area contributed by atoms with Crippen LogP contribution in [0.15, 0.2) is 24.3 Å². The summed E-state index contributed by atoms with van der Waals surface area (Å²) < 4.78 is 0. The van der Waals surface area contributed by atoms with E-state index in [2.05, 4.69) is 44.8 Å². The fourth-order valence-corrected chi connectivity index (χ4v) is 8.16. The van der Waals surface area contributed by atoms with Crippen molar-refractivity contribution in [2.75, 3.05) is 13.1 Å². The molecule has 30 heavy (non-hydrogen) atoms. The van der Waals surface area contributed by atoms with E-state index in [0.717, 1.165) is 43.4 Å². The molecule has 4 fully saturated rings. The molecule has 6 atom stereocenters. The maximum atomic E-state index is 12.6. The van der Waals surface area contributed by atoms with Crippen LogP contribution in [-0.4, -0.2) is 18.9 Å². The lowest BCUT2D eigenvalue weighted by molar-refractivity contribution is -0.132. The summed E-state index contributed by atoms with van der Waals surface area (Å²) in [6.07, 6.45) is 18.2. The smallest absolute Gasteiger partial charge is 0.139 e. The molecule has 1 saturated heterocycles. The third-order valence-electron chi connectivity index (χ3n) is 10.3. The van der Waals surface area contributed by atoms with Crippen LogP contribution in [0.3, 0.4) is 0 Å². The number of allylic oxidation sites excluding steroid dienone is 3. The van der Waals surface area contributed by atoms with Crippen molar-refractivity contribution in [1.29, 1.82) is 0 Å². The van der Waals surface area contributed by atoms with E-state index in [9.17, 15) is 4.79 Å². The van der Waals surface area contributed by atoms with Gasteiger partial charge in [-0.05, 0) is 112 Å². The van der Waals surface area contributed by atoms with Gasteiger partial charge in [-0.2, -0.15) is 0 Å². The molecule has 3 aliphatic carbocycles. The van der Waals surface area contributed by atoms with Crippen LogP contribution in [0.4, 0.5) is 0 Å². The summed E-state index contributed by atoms with van der Waals surface area (Å²) in [7, 11) is 0. The number of carbonyl (C=O) groups excluding carboxylic acids is 1. The van der Waals surface area contributed by atoms with E-state index >= 15 is 0 Å². The van der Waals surface area contributed by atoms with Crippen molar-refractivity contribution < 1.29 is 4.79 Å².